The Morgan fingerprint density at radius 3 is 2.52 bits per heavy atom. The minimum atomic E-state index is -0.233. The van der Waals surface area contributed by atoms with Gasteiger partial charge in [0.25, 0.3) is 0 Å². The van der Waals surface area contributed by atoms with Gasteiger partial charge >= 0.3 is 0 Å². The second-order valence-corrected chi connectivity index (χ2v) is 5.64. The van der Waals surface area contributed by atoms with E-state index in [1.807, 2.05) is 49.6 Å². The Hall–Kier alpha value is -2.94. The molecule has 0 aliphatic carbocycles. The van der Waals surface area contributed by atoms with Crippen molar-refractivity contribution in [3.8, 4) is 16.8 Å². The van der Waals surface area contributed by atoms with Crippen molar-refractivity contribution in [3.05, 3.63) is 84.4 Å². The lowest BCUT2D eigenvalue weighted by molar-refractivity contribution is 0.628. The van der Waals surface area contributed by atoms with Crippen LogP contribution in [0.3, 0.4) is 0 Å². The molecular formula is C20H15FN2. The Bertz CT molecular complexity index is 987. The number of imidazole rings is 1. The van der Waals surface area contributed by atoms with Crippen LogP contribution in [0.4, 0.5) is 4.39 Å². The van der Waals surface area contributed by atoms with Crippen molar-refractivity contribution in [1.82, 2.24) is 9.55 Å². The first-order valence-electron chi connectivity index (χ1n) is 7.51. The summed E-state index contributed by atoms with van der Waals surface area (Å²) in [7, 11) is 0. The summed E-state index contributed by atoms with van der Waals surface area (Å²) in [6.07, 6.45) is 1.82. The van der Waals surface area contributed by atoms with Crippen LogP contribution in [-0.2, 0) is 0 Å². The smallest absolute Gasteiger partial charge is 0.123 e. The zero-order chi connectivity index (χ0) is 15.8. The molecule has 0 spiro atoms. The third-order valence-electron chi connectivity index (χ3n) is 3.96. The number of para-hydroxylation sites is 1. The van der Waals surface area contributed by atoms with Crippen LogP contribution >= 0.6 is 0 Å². The number of aryl methyl sites for hydroxylation is 1. The summed E-state index contributed by atoms with van der Waals surface area (Å²) in [5.41, 5.74) is 5.89. The summed E-state index contributed by atoms with van der Waals surface area (Å²) in [4.78, 5) is 4.53. The highest BCUT2D eigenvalue weighted by Gasteiger charge is 2.12. The molecule has 112 valence electrons. The predicted molar refractivity (Wildman–Crippen MR) is 91.2 cm³/mol. The molecule has 4 rings (SSSR count). The molecule has 0 aliphatic heterocycles. The van der Waals surface area contributed by atoms with E-state index < -0.39 is 0 Å². The normalized spacial score (nSPS) is 11.0. The van der Waals surface area contributed by atoms with E-state index in [9.17, 15) is 4.39 Å². The van der Waals surface area contributed by atoms with E-state index in [2.05, 4.69) is 21.7 Å². The largest absolute Gasteiger partial charge is 0.298 e. The van der Waals surface area contributed by atoms with E-state index in [-0.39, 0.29) is 5.82 Å². The summed E-state index contributed by atoms with van der Waals surface area (Å²) in [6, 6.07) is 20.9. The van der Waals surface area contributed by atoms with Crippen LogP contribution < -0.4 is 0 Å². The van der Waals surface area contributed by atoms with Crippen LogP contribution in [0.25, 0.3) is 27.8 Å². The van der Waals surface area contributed by atoms with Gasteiger partial charge in [0.05, 0.1) is 11.0 Å². The molecular weight excluding hydrogens is 287 g/mol. The van der Waals surface area contributed by atoms with E-state index >= 15 is 0 Å². The van der Waals surface area contributed by atoms with Gasteiger partial charge in [0.2, 0.25) is 0 Å². The van der Waals surface area contributed by atoms with Gasteiger partial charge in [-0.1, -0.05) is 30.3 Å². The first kappa shape index (κ1) is 13.7. The molecule has 0 aliphatic rings. The van der Waals surface area contributed by atoms with Crippen molar-refractivity contribution >= 4 is 11.0 Å². The first-order chi connectivity index (χ1) is 11.2. The molecule has 3 aromatic carbocycles. The first-order valence-corrected chi connectivity index (χ1v) is 7.51. The Balaban J connectivity index is 2.05. The fourth-order valence-corrected chi connectivity index (χ4v) is 2.95. The molecule has 0 fully saturated rings. The molecule has 0 radical (unpaired) electrons. The summed E-state index contributed by atoms with van der Waals surface area (Å²) in [5, 5.41) is 0. The molecule has 2 nitrogen and oxygen atoms in total. The second kappa shape index (κ2) is 5.36. The van der Waals surface area contributed by atoms with Crippen molar-refractivity contribution in [1.29, 1.82) is 0 Å². The van der Waals surface area contributed by atoms with Gasteiger partial charge < -0.3 is 0 Å². The molecule has 0 unspecified atom stereocenters. The number of rotatable bonds is 2. The summed E-state index contributed by atoms with van der Waals surface area (Å²) >= 11 is 0. The highest BCUT2D eigenvalue weighted by Crippen LogP contribution is 2.31. The molecule has 0 saturated heterocycles. The van der Waals surface area contributed by atoms with Gasteiger partial charge in [-0.15, -0.1) is 0 Å². The maximum atomic E-state index is 13.7. The van der Waals surface area contributed by atoms with E-state index in [1.54, 1.807) is 12.1 Å². The quantitative estimate of drug-likeness (QED) is 0.501. The van der Waals surface area contributed by atoms with Crippen LogP contribution in [-0.4, -0.2) is 9.55 Å². The van der Waals surface area contributed by atoms with Crippen LogP contribution in [0.2, 0.25) is 0 Å². The summed E-state index contributed by atoms with van der Waals surface area (Å²) in [5.74, 6) is -0.233. The minimum absolute atomic E-state index is 0.233. The molecule has 0 atom stereocenters. The monoisotopic (exact) mass is 302 g/mol. The Morgan fingerprint density at radius 2 is 1.74 bits per heavy atom. The number of benzene rings is 3. The number of nitrogens with zero attached hydrogens (tertiary/aromatic N) is 2. The Morgan fingerprint density at radius 1 is 0.913 bits per heavy atom. The lowest BCUT2D eigenvalue weighted by atomic mass is 10.0. The maximum Gasteiger partial charge on any atom is 0.123 e. The van der Waals surface area contributed by atoms with Crippen molar-refractivity contribution in [2.45, 2.75) is 6.92 Å². The van der Waals surface area contributed by atoms with Crippen molar-refractivity contribution < 1.29 is 4.39 Å². The molecule has 0 N–H and O–H groups in total. The molecule has 3 heteroatoms. The van der Waals surface area contributed by atoms with Crippen molar-refractivity contribution in [2.24, 2.45) is 0 Å². The molecule has 1 heterocycles. The third-order valence-corrected chi connectivity index (χ3v) is 3.96. The fourth-order valence-electron chi connectivity index (χ4n) is 2.95. The zero-order valence-electron chi connectivity index (χ0n) is 12.7. The van der Waals surface area contributed by atoms with Crippen LogP contribution in [0.15, 0.2) is 73.1 Å². The molecule has 1 aromatic heterocycles. The topological polar surface area (TPSA) is 17.8 Å². The second-order valence-electron chi connectivity index (χ2n) is 5.64. The number of aromatic nitrogens is 2. The number of fused-ring (bicyclic) bond motifs is 1. The molecule has 0 saturated carbocycles. The van der Waals surface area contributed by atoms with E-state index in [4.69, 9.17) is 0 Å². The van der Waals surface area contributed by atoms with Crippen LogP contribution in [0.1, 0.15) is 5.56 Å². The fraction of sp³-hybridized carbons (Fsp3) is 0.0500. The number of hydrogen-bond donors (Lipinski definition) is 0. The van der Waals surface area contributed by atoms with Crippen molar-refractivity contribution in [3.63, 3.8) is 0 Å². The number of halogens is 1. The van der Waals surface area contributed by atoms with Gasteiger partial charge in [0.1, 0.15) is 12.1 Å². The van der Waals surface area contributed by atoms with E-state index in [1.165, 1.54) is 6.07 Å². The molecule has 4 aromatic rings. The Labute approximate surface area is 133 Å². The van der Waals surface area contributed by atoms with Crippen molar-refractivity contribution in [2.75, 3.05) is 0 Å². The lowest BCUT2D eigenvalue weighted by Crippen LogP contribution is -1.94. The third kappa shape index (κ3) is 2.40. The van der Waals surface area contributed by atoms with Gasteiger partial charge in [-0.2, -0.15) is 0 Å². The minimum Gasteiger partial charge on any atom is -0.298 e. The van der Waals surface area contributed by atoms with Crippen LogP contribution in [0.5, 0.6) is 0 Å². The van der Waals surface area contributed by atoms with Crippen LogP contribution in [0, 0.1) is 12.7 Å². The lowest BCUT2D eigenvalue weighted by Gasteiger charge is -2.10. The average Bonchev–Trinajstić information content (AvgIpc) is 2.98. The molecule has 0 bridgehead atoms. The van der Waals surface area contributed by atoms with Gasteiger partial charge in [0, 0.05) is 11.3 Å². The Kier molecular flexibility index (Phi) is 3.19. The predicted octanol–water partition coefficient (Wildman–Crippen LogP) is 5.14. The average molecular weight is 302 g/mol. The molecule has 0 amide bonds. The highest BCUT2D eigenvalue weighted by molar-refractivity contribution is 5.94. The zero-order valence-corrected chi connectivity index (χ0v) is 12.7. The standard InChI is InChI=1S/C20H15FN2/c1-14-10-18(15-6-5-7-16(21)12-15)20-19(11-14)22-13-23(20)17-8-3-2-4-9-17/h2-13H,1H3. The maximum absolute atomic E-state index is 13.7. The summed E-state index contributed by atoms with van der Waals surface area (Å²) < 4.78 is 15.7. The van der Waals surface area contributed by atoms with Gasteiger partial charge in [-0.05, 0) is 54.4 Å². The summed E-state index contributed by atoms with van der Waals surface area (Å²) in [6.45, 7) is 2.03. The molecule has 23 heavy (non-hydrogen) atoms. The highest BCUT2D eigenvalue weighted by atomic mass is 19.1. The van der Waals surface area contributed by atoms with E-state index in [0.717, 1.165) is 33.4 Å². The van der Waals surface area contributed by atoms with Gasteiger partial charge in [0.15, 0.2) is 0 Å². The SMILES string of the molecule is Cc1cc(-c2cccc(F)c2)c2c(c1)ncn2-c1ccccc1. The van der Waals surface area contributed by atoms with E-state index in [0.29, 0.717) is 0 Å². The van der Waals surface area contributed by atoms with Gasteiger partial charge in [-0.25, -0.2) is 9.37 Å². The number of hydrogen-bond acceptors (Lipinski definition) is 1. The van der Waals surface area contributed by atoms with Gasteiger partial charge in [-0.3, -0.25) is 4.57 Å².